The number of carboxylic acids is 1. The van der Waals surface area contributed by atoms with E-state index in [1.165, 1.54) is 6.92 Å². The molecule has 19 heavy (non-hydrogen) atoms. The molecule has 0 aliphatic rings. The normalized spacial score (nSPS) is 13.7. The van der Waals surface area contributed by atoms with Crippen LogP contribution in [0.25, 0.3) is 0 Å². The fraction of sp³-hybridized carbons (Fsp3) is 0.600. The van der Waals surface area contributed by atoms with E-state index in [1.807, 2.05) is 0 Å². The van der Waals surface area contributed by atoms with Crippen molar-refractivity contribution in [3.8, 4) is 0 Å². The van der Waals surface area contributed by atoms with E-state index in [0.29, 0.717) is 0 Å². The smallest absolute Gasteiger partial charge is 0.321 e. The summed E-state index contributed by atoms with van der Waals surface area (Å²) in [6, 6.07) is -1.22. The number of nitrogens with one attached hydrogen (secondary N) is 1. The van der Waals surface area contributed by atoms with Crippen LogP contribution in [0, 0.1) is 12.8 Å². The van der Waals surface area contributed by atoms with E-state index < -0.39 is 22.0 Å². The summed E-state index contributed by atoms with van der Waals surface area (Å²) in [6.45, 7) is 4.97. The van der Waals surface area contributed by atoms with Crippen LogP contribution in [-0.4, -0.2) is 30.7 Å². The molecule has 8 nitrogen and oxygen atoms in total. The van der Waals surface area contributed by atoms with Crippen molar-refractivity contribution in [2.45, 2.75) is 38.1 Å². The third-order valence-electron chi connectivity index (χ3n) is 2.40. The molecule has 0 aliphatic carbocycles. The molecule has 1 unspecified atom stereocenters. The predicted octanol–water partition coefficient (Wildman–Crippen LogP) is 0.343. The number of aryl methyl sites for hydroxylation is 1. The number of nitrogen functional groups attached to an aromatic ring is 1. The maximum atomic E-state index is 12.1. The number of anilines is 1. The average Bonchev–Trinajstić information content (AvgIpc) is 2.56. The standard InChI is InChI=1S/C10H17N3O5S/c1-5(2)4-7(10(14)15)13-19(16,17)8-6(3)18-12-9(8)11/h5,7,13H,4H2,1-3H3,(H2,11,12)(H,14,15). The zero-order chi connectivity index (χ0) is 14.8. The SMILES string of the molecule is Cc1onc(N)c1S(=O)(=O)NC(CC(C)C)C(=O)O. The first-order valence-corrected chi connectivity index (χ1v) is 7.10. The lowest BCUT2D eigenvalue weighted by molar-refractivity contribution is -0.139. The molecule has 0 fully saturated rings. The number of aliphatic carboxylic acids is 1. The Morgan fingerprint density at radius 2 is 2.11 bits per heavy atom. The molecule has 9 heteroatoms. The van der Waals surface area contributed by atoms with Gasteiger partial charge < -0.3 is 15.4 Å². The van der Waals surface area contributed by atoms with Gasteiger partial charge in [-0.15, -0.1) is 0 Å². The molecule has 0 spiro atoms. The molecule has 1 aromatic rings. The Bertz CT molecular complexity index is 544. The molecular weight excluding hydrogens is 274 g/mol. The number of nitrogens with zero attached hydrogens (tertiary/aromatic N) is 1. The Morgan fingerprint density at radius 1 is 1.53 bits per heavy atom. The zero-order valence-electron chi connectivity index (χ0n) is 10.9. The minimum absolute atomic E-state index is 0.0127. The second-order valence-electron chi connectivity index (χ2n) is 4.59. The van der Waals surface area contributed by atoms with Crippen molar-refractivity contribution in [2.75, 3.05) is 5.73 Å². The number of rotatable bonds is 6. The topological polar surface area (TPSA) is 136 Å². The van der Waals surface area contributed by atoms with Gasteiger partial charge in [0.25, 0.3) is 0 Å². The molecule has 0 radical (unpaired) electrons. The Labute approximate surface area is 111 Å². The highest BCUT2D eigenvalue weighted by Crippen LogP contribution is 2.22. The van der Waals surface area contributed by atoms with Crippen molar-refractivity contribution >= 4 is 21.8 Å². The van der Waals surface area contributed by atoms with Crippen molar-refractivity contribution in [3.63, 3.8) is 0 Å². The van der Waals surface area contributed by atoms with Crippen molar-refractivity contribution < 1.29 is 22.8 Å². The molecule has 4 N–H and O–H groups in total. The summed E-state index contributed by atoms with van der Waals surface area (Å²) in [5, 5.41) is 12.4. The third kappa shape index (κ3) is 3.67. The molecule has 0 amide bonds. The first-order chi connectivity index (χ1) is 8.65. The van der Waals surface area contributed by atoms with Crippen molar-refractivity contribution in [1.82, 2.24) is 9.88 Å². The van der Waals surface area contributed by atoms with E-state index in [9.17, 15) is 13.2 Å². The van der Waals surface area contributed by atoms with Gasteiger partial charge in [0.15, 0.2) is 16.5 Å². The van der Waals surface area contributed by atoms with Crippen LogP contribution in [0.1, 0.15) is 26.0 Å². The minimum atomic E-state index is -4.08. The minimum Gasteiger partial charge on any atom is -0.480 e. The number of hydrogen-bond donors (Lipinski definition) is 3. The number of hydrogen-bond acceptors (Lipinski definition) is 6. The van der Waals surface area contributed by atoms with Crippen LogP contribution in [0.4, 0.5) is 5.82 Å². The predicted molar refractivity (Wildman–Crippen MR) is 66.9 cm³/mol. The number of carbonyl (C=O) groups is 1. The maximum absolute atomic E-state index is 12.1. The summed E-state index contributed by atoms with van der Waals surface area (Å²) >= 11 is 0. The Kier molecular flexibility index (Phi) is 4.53. The lowest BCUT2D eigenvalue weighted by atomic mass is 10.1. The van der Waals surface area contributed by atoms with Gasteiger partial charge in [-0.3, -0.25) is 4.79 Å². The van der Waals surface area contributed by atoms with E-state index in [2.05, 4.69) is 14.4 Å². The van der Waals surface area contributed by atoms with Crippen LogP contribution in [-0.2, 0) is 14.8 Å². The van der Waals surface area contributed by atoms with Crippen LogP contribution in [0.5, 0.6) is 0 Å². The van der Waals surface area contributed by atoms with E-state index in [1.54, 1.807) is 13.8 Å². The monoisotopic (exact) mass is 291 g/mol. The quantitative estimate of drug-likeness (QED) is 0.687. The summed E-state index contributed by atoms with van der Waals surface area (Å²) in [4.78, 5) is 10.7. The van der Waals surface area contributed by atoms with E-state index >= 15 is 0 Å². The van der Waals surface area contributed by atoms with Gasteiger partial charge in [0, 0.05) is 0 Å². The van der Waals surface area contributed by atoms with Crippen molar-refractivity contribution in [1.29, 1.82) is 0 Å². The lowest BCUT2D eigenvalue weighted by Gasteiger charge is -2.16. The second kappa shape index (κ2) is 5.57. The number of sulfonamides is 1. The molecule has 0 aromatic carbocycles. The molecule has 0 saturated carbocycles. The maximum Gasteiger partial charge on any atom is 0.321 e. The number of aromatic nitrogens is 1. The first kappa shape index (κ1) is 15.4. The fourth-order valence-electron chi connectivity index (χ4n) is 1.62. The van der Waals surface area contributed by atoms with Gasteiger partial charge in [0.1, 0.15) is 6.04 Å². The summed E-state index contributed by atoms with van der Waals surface area (Å²) in [5.41, 5.74) is 5.41. The van der Waals surface area contributed by atoms with Crippen LogP contribution < -0.4 is 10.5 Å². The highest BCUT2D eigenvalue weighted by atomic mass is 32.2. The van der Waals surface area contributed by atoms with E-state index in [-0.39, 0.29) is 28.8 Å². The lowest BCUT2D eigenvalue weighted by Crippen LogP contribution is -2.41. The average molecular weight is 291 g/mol. The van der Waals surface area contributed by atoms with Gasteiger partial charge >= 0.3 is 5.97 Å². The Balaban J connectivity index is 3.05. The third-order valence-corrected chi connectivity index (χ3v) is 4.03. The highest BCUT2D eigenvalue weighted by Gasteiger charge is 2.30. The summed E-state index contributed by atoms with van der Waals surface area (Å²) in [5.74, 6) is -1.51. The summed E-state index contributed by atoms with van der Waals surface area (Å²) < 4.78 is 30.9. The second-order valence-corrected chi connectivity index (χ2v) is 6.25. The van der Waals surface area contributed by atoms with Gasteiger partial charge in [-0.2, -0.15) is 4.72 Å². The van der Waals surface area contributed by atoms with Gasteiger partial charge in [-0.1, -0.05) is 19.0 Å². The fourth-order valence-corrected chi connectivity index (χ4v) is 3.04. The summed E-state index contributed by atoms with van der Waals surface area (Å²) in [7, 11) is -4.08. The van der Waals surface area contributed by atoms with E-state index in [4.69, 9.17) is 10.8 Å². The first-order valence-electron chi connectivity index (χ1n) is 5.62. The molecule has 1 rings (SSSR count). The summed E-state index contributed by atoms with van der Waals surface area (Å²) in [6.07, 6.45) is 0.165. The molecule has 0 saturated heterocycles. The Hall–Kier alpha value is -1.61. The van der Waals surface area contributed by atoms with Gasteiger partial charge in [-0.25, -0.2) is 8.42 Å². The van der Waals surface area contributed by atoms with Crippen LogP contribution in [0.3, 0.4) is 0 Å². The zero-order valence-corrected chi connectivity index (χ0v) is 11.7. The molecular formula is C10H17N3O5S. The van der Waals surface area contributed by atoms with Crippen LogP contribution in [0.15, 0.2) is 9.42 Å². The number of nitrogens with two attached hydrogens (primary N) is 1. The van der Waals surface area contributed by atoms with Crippen LogP contribution in [0.2, 0.25) is 0 Å². The number of carboxylic acid groups (broad SMARTS) is 1. The van der Waals surface area contributed by atoms with Gasteiger partial charge in [-0.05, 0) is 19.3 Å². The highest BCUT2D eigenvalue weighted by molar-refractivity contribution is 7.89. The van der Waals surface area contributed by atoms with E-state index in [0.717, 1.165) is 0 Å². The molecule has 0 aliphatic heterocycles. The molecule has 0 bridgehead atoms. The Morgan fingerprint density at radius 3 is 2.47 bits per heavy atom. The molecule has 108 valence electrons. The largest absolute Gasteiger partial charge is 0.480 e. The van der Waals surface area contributed by atoms with Gasteiger partial charge in [0.05, 0.1) is 0 Å². The van der Waals surface area contributed by atoms with Crippen LogP contribution >= 0.6 is 0 Å². The molecule has 1 atom stereocenters. The molecule has 1 aromatic heterocycles. The van der Waals surface area contributed by atoms with Crippen molar-refractivity contribution in [2.24, 2.45) is 5.92 Å². The molecule has 1 heterocycles. The van der Waals surface area contributed by atoms with Crippen molar-refractivity contribution in [3.05, 3.63) is 5.76 Å². The van der Waals surface area contributed by atoms with Gasteiger partial charge in [0.2, 0.25) is 10.0 Å².